The molecule has 1 aromatic heterocycles. The molecule has 1 N–H and O–H groups in total. The van der Waals surface area contributed by atoms with Crippen LogP contribution in [0, 0.1) is 0 Å². The lowest BCUT2D eigenvalue weighted by Gasteiger charge is -2.21. The van der Waals surface area contributed by atoms with Crippen molar-refractivity contribution in [3.05, 3.63) is 62.7 Å². The molecule has 1 fully saturated rings. The van der Waals surface area contributed by atoms with Crippen LogP contribution < -0.4 is 10.2 Å². The molecule has 0 aliphatic carbocycles. The van der Waals surface area contributed by atoms with Gasteiger partial charge in [-0.25, -0.2) is 4.79 Å². The Morgan fingerprint density at radius 2 is 1.87 bits per heavy atom. The smallest absolute Gasteiger partial charge is 0.323 e. The Morgan fingerprint density at radius 3 is 2.53 bits per heavy atom. The van der Waals surface area contributed by atoms with E-state index in [1.165, 1.54) is 0 Å². The molecule has 1 saturated heterocycles. The molecule has 30 heavy (non-hydrogen) atoms. The minimum absolute atomic E-state index is 0.0528. The lowest BCUT2D eigenvalue weighted by Crippen LogP contribution is -2.32. The number of rotatable bonds is 4. The summed E-state index contributed by atoms with van der Waals surface area (Å²) in [5, 5.41) is 4.13. The predicted octanol–water partition coefficient (Wildman–Crippen LogP) is 5.82. The van der Waals surface area contributed by atoms with Gasteiger partial charge in [0.05, 0.1) is 37.0 Å². The van der Waals surface area contributed by atoms with Crippen LogP contribution in [0.1, 0.15) is 17.3 Å². The molecular formula is C21H17BrCl2N4O2. The van der Waals surface area contributed by atoms with Crippen molar-refractivity contribution in [1.82, 2.24) is 9.88 Å². The summed E-state index contributed by atoms with van der Waals surface area (Å²) in [6.07, 6.45) is 1.64. The van der Waals surface area contributed by atoms with Crippen LogP contribution in [0.15, 0.2) is 47.1 Å². The lowest BCUT2D eigenvalue weighted by molar-refractivity contribution is 0.102. The summed E-state index contributed by atoms with van der Waals surface area (Å²) in [4.78, 5) is 33.6. The molecule has 9 heteroatoms. The van der Waals surface area contributed by atoms with Crippen LogP contribution in [-0.2, 0) is 0 Å². The average molecular weight is 508 g/mol. The molecule has 154 valence electrons. The van der Waals surface area contributed by atoms with E-state index >= 15 is 0 Å². The first-order valence-corrected chi connectivity index (χ1v) is 10.9. The molecule has 1 aliphatic rings. The number of nitrogens with zero attached hydrogens (tertiary/aromatic N) is 3. The number of amides is 3. The fourth-order valence-corrected chi connectivity index (χ4v) is 4.64. The Morgan fingerprint density at radius 1 is 1.17 bits per heavy atom. The van der Waals surface area contributed by atoms with E-state index in [1.807, 2.05) is 19.1 Å². The van der Waals surface area contributed by atoms with E-state index in [4.69, 9.17) is 23.2 Å². The number of hydrogen-bond donors (Lipinski definition) is 1. The maximum absolute atomic E-state index is 12.9. The maximum Gasteiger partial charge on any atom is 0.324 e. The zero-order valence-corrected chi connectivity index (χ0v) is 19.1. The Bertz CT molecular complexity index is 1150. The molecule has 0 saturated carbocycles. The summed E-state index contributed by atoms with van der Waals surface area (Å²) in [5.41, 5.74) is 1.99. The van der Waals surface area contributed by atoms with Gasteiger partial charge in [0.15, 0.2) is 0 Å². The van der Waals surface area contributed by atoms with Crippen molar-refractivity contribution in [3.8, 4) is 0 Å². The zero-order valence-electron chi connectivity index (χ0n) is 16.0. The van der Waals surface area contributed by atoms with Gasteiger partial charge in [0, 0.05) is 31.2 Å². The van der Waals surface area contributed by atoms with Gasteiger partial charge in [-0.05, 0) is 41.1 Å². The molecule has 6 nitrogen and oxygen atoms in total. The van der Waals surface area contributed by atoms with Crippen LogP contribution >= 0.6 is 39.1 Å². The molecule has 0 atom stereocenters. The number of para-hydroxylation sites is 1. The van der Waals surface area contributed by atoms with E-state index in [2.05, 4.69) is 26.2 Å². The monoisotopic (exact) mass is 506 g/mol. The first-order chi connectivity index (χ1) is 14.4. The Kier molecular flexibility index (Phi) is 5.86. The zero-order chi connectivity index (χ0) is 21.4. The summed E-state index contributed by atoms with van der Waals surface area (Å²) in [6, 6.07) is 10.3. The van der Waals surface area contributed by atoms with Crippen LogP contribution in [0.2, 0.25) is 10.0 Å². The van der Waals surface area contributed by atoms with E-state index in [9.17, 15) is 9.59 Å². The van der Waals surface area contributed by atoms with E-state index < -0.39 is 5.91 Å². The highest BCUT2D eigenvalue weighted by atomic mass is 79.9. The van der Waals surface area contributed by atoms with Crippen LogP contribution in [0.3, 0.4) is 0 Å². The van der Waals surface area contributed by atoms with Gasteiger partial charge >= 0.3 is 6.03 Å². The summed E-state index contributed by atoms with van der Waals surface area (Å²) in [5.74, 6) is -0.432. The third-order valence-corrected chi connectivity index (χ3v) is 6.22. The van der Waals surface area contributed by atoms with Crippen LogP contribution in [0.4, 0.5) is 16.2 Å². The number of hydrogen-bond acceptors (Lipinski definition) is 3. The highest BCUT2D eigenvalue weighted by Crippen LogP contribution is 2.38. The number of urea groups is 1. The van der Waals surface area contributed by atoms with Crippen molar-refractivity contribution < 1.29 is 9.59 Å². The van der Waals surface area contributed by atoms with E-state index in [0.717, 1.165) is 11.1 Å². The van der Waals surface area contributed by atoms with Gasteiger partial charge in [-0.3, -0.25) is 14.7 Å². The number of halogens is 3. The summed E-state index contributed by atoms with van der Waals surface area (Å²) in [7, 11) is 0. The average Bonchev–Trinajstić information content (AvgIpc) is 3.08. The second-order valence-electron chi connectivity index (χ2n) is 6.72. The van der Waals surface area contributed by atoms with Gasteiger partial charge < -0.3 is 10.2 Å². The largest absolute Gasteiger partial charge is 0.324 e. The van der Waals surface area contributed by atoms with Crippen LogP contribution in [-0.4, -0.2) is 41.5 Å². The van der Waals surface area contributed by atoms with Crippen molar-refractivity contribution in [3.63, 3.8) is 0 Å². The molecular weight excluding hydrogens is 491 g/mol. The van der Waals surface area contributed by atoms with Gasteiger partial charge in [-0.2, -0.15) is 0 Å². The fraction of sp³-hybridized carbons (Fsp3) is 0.190. The van der Waals surface area contributed by atoms with Crippen LogP contribution in [0.25, 0.3) is 10.9 Å². The summed E-state index contributed by atoms with van der Waals surface area (Å²) < 4.78 is 0.707. The van der Waals surface area contributed by atoms with E-state index in [1.54, 1.807) is 40.3 Å². The van der Waals surface area contributed by atoms with Gasteiger partial charge in [0.2, 0.25) is 0 Å². The van der Waals surface area contributed by atoms with Crippen molar-refractivity contribution in [2.45, 2.75) is 6.92 Å². The fourth-order valence-electron chi connectivity index (χ4n) is 3.54. The van der Waals surface area contributed by atoms with Crippen molar-refractivity contribution in [1.29, 1.82) is 0 Å². The first-order valence-electron chi connectivity index (χ1n) is 9.31. The third kappa shape index (κ3) is 3.62. The molecule has 2 aromatic carbocycles. The van der Waals surface area contributed by atoms with Gasteiger partial charge in [0.1, 0.15) is 0 Å². The Balaban J connectivity index is 1.77. The third-order valence-electron chi connectivity index (χ3n) is 5.01. The normalized spacial score (nSPS) is 13.9. The first kappa shape index (κ1) is 20.9. The number of fused-ring (bicyclic) bond motifs is 1. The van der Waals surface area contributed by atoms with Crippen molar-refractivity contribution >= 4 is 73.3 Å². The molecule has 3 aromatic rings. The Labute approximate surface area is 191 Å². The summed E-state index contributed by atoms with van der Waals surface area (Å²) in [6.45, 7) is 3.84. The highest BCUT2D eigenvalue weighted by molar-refractivity contribution is 9.10. The molecule has 0 radical (unpaired) electrons. The Hall–Kier alpha value is -2.35. The quantitative estimate of drug-likeness (QED) is 0.484. The SMILES string of the molecule is CCN1CCN(c2c(Br)cnc3c(NC(=O)c4c(Cl)cccc4Cl)cccc23)C1=O. The molecule has 0 spiro atoms. The minimum Gasteiger partial charge on any atom is -0.323 e. The minimum atomic E-state index is -0.432. The standard InChI is InChI=1S/C21H17BrCl2N4O2/c1-2-27-9-10-28(21(27)30)19-12-5-3-8-16(18(12)25-11-13(19)22)26-20(29)17-14(23)6-4-7-15(17)24/h3-8,11H,2,9-10H2,1H3,(H,26,29). The second-order valence-corrected chi connectivity index (χ2v) is 8.39. The lowest BCUT2D eigenvalue weighted by atomic mass is 10.1. The number of nitrogens with one attached hydrogen (secondary N) is 1. The molecule has 2 heterocycles. The highest BCUT2D eigenvalue weighted by Gasteiger charge is 2.31. The molecule has 4 rings (SSSR count). The van der Waals surface area contributed by atoms with Gasteiger partial charge in [-0.1, -0.05) is 41.4 Å². The number of carbonyl (C=O) groups excluding carboxylic acids is 2. The number of pyridine rings is 1. The van der Waals surface area contributed by atoms with E-state index in [-0.39, 0.29) is 21.6 Å². The topological polar surface area (TPSA) is 65.5 Å². The number of carbonyl (C=O) groups is 2. The van der Waals surface area contributed by atoms with Gasteiger partial charge in [0.25, 0.3) is 5.91 Å². The van der Waals surface area contributed by atoms with Crippen LogP contribution in [0.5, 0.6) is 0 Å². The molecule has 1 aliphatic heterocycles. The molecule has 3 amide bonds. The number of likely N-dealkylation sites (N-methyl/N-ethyl adjacent to an activating group) is 1. The maximum atomic E-state index is 12.9. The molecule has 0 bridgehead atoms. The molecule has 0 unspecified atom stereocenters. The second kappa shape index (κ2) is 8.41. The predicted molar refractivity (Wildman–Crippen MR) is 124 cm³/mol. The number of benzene rings is 2. The van der Waals surface area contributed by atoms with Crippen molar-refractivity contribution in [2.24, 2.45) is 0 Å². The number of anilines is 2. The van der Waals surface area contributed by atoms with E-state index in [0.29, 0.717) is 35.3 Å². The number of aromatic nitrogens is 1. The van der Waals surface area contributed by atoms with Crippen molar-refractivity contribution in [2.75, 3.05) is 29.9 Å². The summed E-state index contributed by atoms with van der Waals surface area (Å²) >= 11 is 15.9. The van der Waals surface area contributed by atoms with Gasteiger partial charge in [-0.15, -0.1) is 0 Å².